The third-order valence-corrected chi connectivity index (χ3v) is 4.61. The zero-order valence-electron chi connectivity index (χ0n) is 16.3. The number of aromatic nitrogens is 2. The molecule has 6 heteroatoms. The number of benzene rings is 1. The van der Waals surface area contributed by atoms with Crippen LogP contribution in [-0.2, 0) is 0 Å². The maximum absolute atomic E-state index is 12.8. The van der Waals surface area contributed by atoms with Gasteiger partial charge < -0.3 is 14.7 Å². The molecule has 3 rings (SSSR count). The molecule has 0 unspecified atom stereocenters. The van der Waals surface area contributed by atoms with Crippen LogP contribution in [0.2, 0.25) is 0 Å². The minimum absolute atomic E-state index is 0.107. The van der Waals surface area contributed by atoms with E-state index in [1.165, 1.54) is 0 Å². The minimum Gasteiger partial charge on any atom is -0.363 e. The summed E-state index contributed by atoms with van der Waals surface area (Å²) in [4.78, 5) is 28.1. The van der Waals surface area contributed by atoms with E-state index in [2.05, 4.69) is 20.9 Å². The van der Waals surface area contributed by atoms with Gasteiger partial charge in [0.15, 0.2) is 0 Å². The average molecular weight is 353 g/mol. The molecule has 2 heterocycles. The summed E-state index contributed by atoms with van der Waals surface area (Å²) in [6.45, 7) is 8.89. The number of hydrogen-bond acceptors (Lipinski definition) is 5. The number of nitrogens with zero attached hydrogens (tertiary/aromatic N) is 5. The summed E-state index contributed by atoms with van der Waals surface area (Å²) in [7, 11) is 3.96. The number of rotatable bonds is 3. The van der Waals surface area contributed by atoms with Crippen molar-refractivity contribution in [3.05, 3.63) is 46.6 Å². The van der Waals surface area contributed by atoms with E-state index in [4.69, 9.17) is 0 Å². The number of amides is 1. The molecule has 2 aromatic rings. The maximum atomic E-state index is 12.8. The first-order chi connectivity index (χ1) is 12.3. The number of carbonyl (C=O) groups is 1. The molecule has 0 spiro atoms. The fourth-order valence-corrected chi connectivity index (χ4v) is 3.30. The van der Waals surface area contributed by atoms with Crippen LogP contribution in [0.15, 0.2) is 24.3 Å². The number of carbonyl (C=O) groups excluding carboxylic acids is 1. The molecule has 1 aromatic carbocycles. The Bertz CT molecular complexity index is 790. The molecule has 1 aliphatic rings. The molecule has 1 aliphatic heterocycles. The summed E-state index contributed by atoms with van der Waals surface area (Å²) >= 11 is 0. The average Bonchev–Trinajstić information content (AvgIpc) is 2.60. The lowest BCUT2D eigenvalue weighted by atomic mass is 10.1. The number of hydrogen-bond donors (Lipinski definition) is 0. The summed E-state index contributed by atoms with van der Waals surface area (Å²) in [5.41, 5.74) is 3.97. The van der Waals surface area contributed by atoms with Gasteiger partial charge in [-0.05, 0) is 32.9 Å². The van der Waals surface area contributed by atoms with Crippen molar-refractivity contribution in [2.75, 3.05) is 50.1 Å². The highest BCUT2D eigenvalue weighted by atomic mass is 16.2. The lowest BCUT2D eigenvalue weighted by Crippen LogP contribution is -2.49. The van der Waals surface area contributed by atoms with Gasteiger partial charge in [0.05, 0.1) is 0 Å². The molecule has 0 saturated carbocycles. The summed E-state index contributed by atoms with van der Waals surface area (Å²) in [6, 6.07) is 8.00. The Morgan fingerprint density at radius 2 is 1.54 bits per heavy atom. The highest BCUT2D eigenvalue weighted by Gasteiger charge is 2.24. The van der Waals surface area contributed by atoms with Crippen molar-refractivity contribution < 1.29 is 4.79 Å². The maximum Gasteiger partial charge on any atom is 0.253 e. The standard InChI is InChI=1S/C20H27N5O/c1-14-10-15(2)12-17(11-14)19(26)24-6-8-25(9-7-24)20-21-16(3)13-18(22-20)23(4)5/h10-13H,6-9H2,1-5H3. The van der Waals surface area contributed by atoms with Gasteiger partial charge in [0.2, 0.25) is 5.95 Å². The van der Waals surface area contributed by atoms with E-state index in [9.17, 15) is 4.79 Å². The van der Waals surface area contributed by atoms with E-state index in [0.717, 1.165) is 47.2 Å². The number of anilines is 2. The highest BCUT2D eigenvalue weighted by molar-refractivity contribution is 5.94. The first-order valence-electron chi connectivity index (χ1n) is 8.99. The Morgan fingerprint density at radius 1 is 0.923 bits per heavy atom. The molecule has 1 saturated heterocycles. The van der Waals surface area contributed by atoms with Crippen LogP contribution >= 0.6 is 0 Å². The Morgan fingerprint density at radius 3 is 2.12 bits per heavy atom. The van der Waals surface area contributed by atoms with E-state index < -0.39 is 0 Å². The van der Waals surface area contributed by atoms with E-state index in [1.807, 2.05) is 62.9 Å². The van der Waals surface area contributed by atoms with E-state index in [0.29, 0.717) is 13.1 Å². The molecule has 0 atom stereocenters. The van der Waals surface area contributed by atoms with Gasteiger partial charge in [-0.1, -0.05) is 17.2 Å². The van der Waals surface area contributed by atoms with Crippen LogP contribution in [0.4, 0.5) is 11.8 Å². The quantitative estimate of drug-likeness (QED) is 0.848. The Labute approximate surface area is 155 Å². The summed E-state index contributed by atoms with van der Waals surface area (Å²) < 4.78 is 0. The van der Waals surface area contributed by atoms with Gasteiger partial charge in [-0.25, -0.2) is 4.98 Å². The third kappa shape index (κ3) is 3.95. The number of aryl methyl sites for hydroxylation is 3. The lowest BCUT2D eigenvalue weighted by molar-refractivity contribution is 0.0746. The molecular weight excluding hydrogens is 326 g/mol. The molecule has 6 nitrogen and oxygen atoms in total. The third-order valence-electron chi connectivity index (χ3n) is 4.61. The van der Waals surface area contributed by atoms with Crippen LogP contribution in [0.25, 0.3) is 0 Å². The largest absolute Gasteiger partial charge is 0.363 e. The topological polar surface area (TPSA) is 52.6 Å². The van der Waals surface area contributed by atoms with Crippen molar-refractivity contribution in [1.82, 2.24) is 14.9 Å². The van der Waals surface area contributed by atoms with Gasteiger partial charge in [0, 0.05) is 57.6 Å². The molecule has 0 radical (unpaired) electrons. The lowest BCUT2D eigenvalue weighted by Gasteiger charge is -2.35. The second-order valence-corrected chi connectivity index (χ2v) is 7.22. The summed E-state index contributed by atoms with van der Waals surface area (Å²) in [5, 5.41) is 0. The van der Waals surface area contributed by atoms with Crippen LogP contribution in [0.1, 0.15) is 27.2 Å². The molecule has 1 fully saturated rings. The summed E-state index contributed by atoms with van der Waals surface area (Å²) in [6.07, 6.45) is 0. The molecule has 1 aromatic heterocycles. The molecule has 138 valence electrons. The van der Waals surface area contributed by atoms with Crippen LogP contribution in [0, 0.1) is 20.8 Å². The van der Waals surface area contributed by atoms with Gasteiger partial charge in [-0.2, -0.15) is 4.98 Å². The molecular formula is C20H27N5O. The van der Waals surface area contributed by atoms with E-state index in [1.54, 1.807) is 0 Å². The minimum atomic E-state index is 0.107. The van der Waals surface area contributed by atoms with Crippen LogP contribution in [0.5, 0.6) is 0 Å². The van der Waals surface area contributed by atoms with Crippen LogP contribution in [-0.4, -0.2) is 61.0 Å². The van der Waals surface area contributed by atoms with Crippen molar-refractivity contribution in [2.24, 2.45) is 0 Å². The van der Waals surface area contributed by atoms with Crippen molar-refractivity contribution in [2.45, 2.75) is 20.8 Å². The second kappa shape index (κ2) is 7.32. The fraction of sp³-hybridized carbons (Fsp3) is 0.450. The van der Waals surface area contributed by atoms with E-state index >= 15 is 0 Å². The van der Waals surface area contributed by atoms with Crippen molar-refractivity contribution in [1.29, 1.82) is 0 Å². The van der Waals surface area contributed by atoms with Crippen LogP contribution in [0.3, 0.4) is 0 Å². The van der Waals surface area contributed by atoms with Gasteiger partial charge in [-0.15, -0.1) is 0 Å². The predicted molar refractivity (Wildman–Crippen MR) is 105 cm³/mol. The fourth-order valence-electron chi connectivity index (χ4n) is 3.30. The molecule has 0 bridgehead atoms. The Kier molecular flexibility index (Phi) is 5.11. The van der Waals surface area contributed by atoms with Crippen molar-refractivity contribution in [3.63, 3.8) is 0 Å². The molecule has 0 N–H and O–H groups in total. The zero-order chi connectivity index (χ0) is 18.8. The zero-order valence-corrected chi connectivity index (χ0v) is 16.3. The highest BCUT2D eigenvalue weighted by Crippen LogP contribution is 2.18. The van der Waals surface area contributed by atoms with Crippen LogP contribution < -0.4 is 9.80 Å². The Hall–Kier alpha value is -2.63. The SMILES string of the molecule is Cc1cc(C)cc(C(=O)N2CCN(c3nc(C)cc(N(C)C)n3)CC2)c1. The first-order valence-corrected chi connectivity index (χ1v) is 8.99. The summed E-state index contributed by atoms with van der Waals surface area (Å²) in [5.74, 6) is 1.75. The molecule has 0 aliphatic carbocycles. The Balaban J connectivity index is 1.70. The van der Waals surface area contributed by atoms with E-state index in [-0.39, 0.29) is 5.91 Å². The van der Waals surface area contributed by atoms with Crippen molar-refractivity contribution >= 4 is 17.7 Å². The monoisotopic (exact) mass is 353 g/mol. The first kappa shape index (κ1) is 18.2. The molecule has 1 amide bonds. The predicted octanol–water partition coefficient (Wildman–Crippen LogP) is 2.43. The second-order valence-electron chi connectivity index (χ2n) is 7.22. The normalized spacial score (nSPS) is 14.5. The smallest absolute Gasteiger partial charge is 0.253 e. The van der Waals surface area contributed by atoms with Gasteiger partial charge in [-0.3, -0.25) is 4.79 Å². The number of piperazine rings is 1. The van der Waals surface area contributed by atoms with Crippen molar-refractivity contribution in [3.8, 4) is 0 Å². The molecule has 26 heavy (non-hydrogen) atoms. The van der Waals surface area contributed by atoms with Gasteiger partial charge >= 0.3 is 0 Å². The van der Waals surface area contributed by atoms with Gasteiger partial charge in [0.1, 0.15) is 5.82 Å². The van der Waals surface area contributed by atoms with Gasteiger partial charge in [0.25, 0.3) is 5.91 Å².